The minimum absolute atomic E-state index is 0.106. The fourth-order valence-corrected chi connectivity index (χ4v) is 7.58. The first-order valence-electron chi connectivity index (χ1n) is 11.0. The van der Waals surface area contributed by atoms with Crippen molar-refractivity contribution >= 4 is 15.9 Å². The van der Waals surface area contributed by atoms with Crippen molar-refractivity contribution in [3.05, 3.63) is 53.1 Å². The first-order chi connectivity index (χ1) is 15.4. The van der Waals surface area contributed by atoms with Crippen LogP contribution in [0.3, 0.4) is 0 Å². The fourth-order valence-electron chi connectivity index (χ4n) is 5.64. The van der Waals surface area contributed by atoms with Gasteiger partial charge in [0.15, 0.2) is 0 Å². The van der Waals surface area contributed by atoms with E-state index in [0.717, 1.165) is 23.1 Å². The van der Waals surface area contributed by atoms with Crippen LogP contribution >= 0.6 is 0 Å². The third-order valence-corrected chi connectivity index (χ3v) is 8.95. The predicted molar refractivity (Wildman–Crippen MR) is 119 cm³/mol. The van der Waals surface area contributed by atoms with Crippen LogP contribution in [0.2, 0.25) is 0 Å². The van der Waals surface area contributed by atoms with Crippen molar-refractivity contribution in [2.24, 2.45) is 0 Å². The maximum Gasteiger partial charge on any atom is 0.244 e. The second kappa shape index (κ2) is 7.78. The highest BCUT2D eigenvalue weighted by Gasteiger charge is 2.55. The van der Waals surface area contributed by atoms with Gasteiger partial charge in [0.1, 0.15) is 17.5 Å². The van der Waals surface area contributed by atoms with E-state index in [1.165, 1.54) is 4.31 Å². The quantitative estimate of drug-likeness (QED) is 0.707. The highest BCUT2D eigenvalue weighted by molar-refractivity contribution is 7.89. The molecule has 0 aliphatic carbocycles. The van der Waals surface area contributed by atoms with Gasteiger partial charge in [-0.1, -0.05) is 12.1 Å². The Kier molecular flexibility index (Phi) is 5.17. The lowest BCUT2D eigenvalue weighted by Gasteiger charge is -2.54. The lowest BCUT2D eigenvalue weighted by atomic mass is 9.79. The van der Waals surface area contributed by atoms with Gasteiger partial charge >= 0.3 is 0 Å². The van der Waals surface area contributed by atoms with Crippen LogP contribution in [-0.2, 0) is 21.2 Å². The van der Waals surface area contributed by atoms with Gasteiger partial charge in [-0.05, 0) is 61.9 Å². The molecule has 32 heavy (non-hydrogen) atoms. The molecule has 0 N–H and O–H groups in total. The molecule has 2 saturated heterocycles. The number of aryl methyl sites for hydroxylation is 1. The van der Waals surface area contributed by atoms with Gasteiger partial charge in [0.2, 0.25) is 15.9 Å². The highest BCUT2D eigenvalue weighted by atomic mass is 32.2. The first kappa shape index (κ1) is 21.3. The lowest BCUT2D eigenvalue weighted by Crippen LogP contribution is -2.67. The topological polar surface area (TPSA) is 76.2 Å². The molecule has 0 aromatic heterocycles. The molecular weight excluding hydrogens is 428 g/mol. The number of hydrogen-bond donors (Lipinski definition) is 0. The molecule has 2 fully saturated rings. The normalized spacial score (nSPS) is 25.2. The van der Waals surface area contributed by atoms with Crippen molar-refractivity contribution in [1.82, 2.24) is 9.21 Å². The van der Waals surface area contributed by atoms with Gasteiger partial charge in [0, 0.05) is 18.2 Å². The molecule has 5 rings (SSSR count). The van der Waals surface area contributed by atoms with E-state index < -0.39 is 16.1 Å². The number of methoxy groups -OCH3 is 2. The molecule has 2 bridgehead atoms. The maximum atomic E-state index is 13.8. The van der Waals surface area contributed by atoms with Crippen molar-refractivity contribution < 1.29 is 22.7 Å². The van der Waals surface area contributed by atoms with Crippen molar-refractivity contribution in [1.29, 1.82) is 0 Å². The number of piperidine rings is 1. The van der Waals surface area contributed by atoms with Crippen LogP contribution in [0.4, 0.5) is 0 Å². The van der Waals surface area contributed by atoms with Crippen LogP contribution in [0.5, 0.6) is 11.5 Å². The Balaban J connectivity index is 1.67. The summed E-state index contributed by atoms with van der Waals surface area (Å²) in [5.41, 5.74) is 2.83. The molecule has 3 aliphatic heterocycles. The number of nitrogens with zero attached hydrogens (tertiary/aromatic N) is 2. The Hall–Kier alpha value is -2.58. The van der Waals surface area contributed by atoms with E-state index in [1.807, 2.05) is 30.0 Å². The molecule has 8 heteroatoms. The van der Waals surface area contributed by atoms with E-state index in [9.17, 15) is 13.2 Å². The van der Waals surface area contributed by atoms with Gasteiger partial charge in [-0.25, -0.2) is 8.42 Å². The highest BCUT2D eigenvalue weighted by Crippen LogP contribution is 2.49. The van der Waals surface area contributed by atoms with Gasteiger partial charge in [0.25, 0.3) is 0 Å². The molecule has 0 saturated carbocycles. The van der Waals surface area contributed by atoms with Gasteiger partial charge in [-0.2, -0.15) is 4.31 Å². The Labute approximate surface area is 189 Å². The molecule has 0 radical (unpaired) electrons. The molecule has 3 atom stereocenters. The van der Waals surface area contributed by atoms with Crippen LogP contribution in [0, 0.1) is 6.92 Å². The molecule has 7 nitrogen and oxygen atoms in total. The molecule has 2 aromatic rings. The lowest BCUT2D eigenvalue weighted by molar-refractivity contribution is -0.150. The summed E-state index contributed by atoms with van der Waals surface area (Å²) in [7, 11) is -0.628. The molecular formula is C24H28N2O5S. The Bertz CT molecular complexity index is 1160. The average Bonchev–Trinajstić information content (AvgIpc) is 2.80. The number of fused-ring (bicyclic) bond motifs is 6. The summed E-state index contributed by atoms with van der Waals surface area (Å²) < 4.78 is 40.3. The Morgan fingerprint density at radius 1 is 1.06 bits per heavy atom. The van der Waals surface area contributed by atoms with Crippen LogP contribution < -0.4 is 9.47 Å². The van der Waals surface area contributed by atoms with Crippen LogP contribution in [0.25, 0.3) is 0 Å². The minimum Gasteiger partial charge on any atom is -0.497 e. The van der Waals surface area contributed by atoms with E-state index in [2.05, 4.69) is 0 Å². The Morgan fingerprint density at radius 3 is 2.59 bits per heavy atom. The van der Waals surface area contributed by atoms with Crippen LogP contribution in [0.15, 0.2) is 41.3 Å². The average molecular weight is 457 g/mol. The molecule has 3 heterocycles. The van der Waals surface area contributed by atoms with E-state index in [4.69, 9.17) is 9.47 Å². The second-order valence-electron chi connectivity index (χ2n) is 8.79. The van der Waals surface area contributed by atoms with Crippen LogP contribution in [0.1, 0.15) is 42.0 Å². The number of hydrogen-bond acceptors (Lipinski definition) is 5. The van der Waals surface area contributed by atoms with E-state index in [-0.39, 0.29) is 22.9 Å². The van der Waals surface area contributed by atoms with Crippen molar-refractivity contribution in [2.75, 3.05) is 20.8 Å². The molecule has 0 spiro atoms. The Morgan fingerprint density at radius 2 is 1.88 bits per heavy atom. The van der Waals surface area contributed by atoms with Crippen molar-refractivity contribution in [3.8, 4) is 11.5 Å². The van der Waals surface area contributed by atoms with Gasteiger partial charge in [0.05, 0.1) is 31.2 Å². The van der Waals surface area contributed by atoms with Gasteiger partial charge < -0.3 is 14.4 Å². The first-order valence-corrected chi connectivity index (χ1v) is 12.5. The zero-order valence-corrected chi connectivity index (χ0v) is 19.4. The largest absolute Gasteiger partial charge is 0.497 e. The molecule has 170 valence electrons. The number of benzene rings is 2. The van der Waals surface area contributed by atoms with E-state index in [0.29, 0.717) is 37.3 Å². The number of sulfonamides is 1. The summed E-state index contributed by atoms with van der Waals surface area (Å²) >= 11 is 0. The monoisotopic (exact) mass is 456 g/mol. The smallest absolute Gasteiger partial charge is 0.244 e. The summed E-state index contributed by atoms with van der Waals surface area (Å²) in [6.07, 6.45) is 2.76. The van der Waals surface area contributed by atoms with Crippen LogP contribution in [-0.4, -0.2) is 56.4 Å². The number of piperazine rings is 1. The molecule has 3 unspecified atom stereocenters. The van der Waals surface area contributed by atoms with Gasteiger partial charge in [-0.3, -0.25) is 4.79 Å². The summed E-state index contributed by atoms with van der Waals surface area (Å²) in [4.78, 5) is 15.7. The van der Waals surface area contributed by atoms with Gasteiger partial charge in [-0.15, -0.1) is 0 Å². The minimum atomic E-state index is -3.84. The summed E-state index contributed by atoms with van der Waals surface area (Å²) in [5.74, 6) is 1.23. The predicted octanol–water partition coefficient (Wildman–Crippen LogP) is 3.06. The number of rotatable bonds is 4. The number of ether oxygens (including phenoxy) is 2. The molecule has 1 amide bonds. The third-order valence-electron chi connectivity index (χ3n) is 7.02. The maximum absolute atomic E-state index is 13.8. The molecule has 3 aliphatic rings. The zero-order chi connectivity index (χ0) is 22.6. The standard InChI is InChI=1S/C24H28N2O5S/c1-15-6-4-7-18(12-15)32(28,29)26-19-8-5-9-20(26)24(27)25-11-10-16-13-17(30-2)14-21(31-3)22(16)23(19)25/h4,6-7,12-14,19-20,23H,5,8-11H2,1-3H3. The molecule has 2 aromatic carbocycles. The summed E-state index contributed by atoms with van der Waals surface area (Å²) in [6, 6.07) is 9.37. The van der Waals surface area contributed by atoms with Crippen molar-refractivity contribution in [3.63, 3.8) is 0 Å². The van der Waals surface area contributed by atoms with E-state index in [1.54, 1.807) is 32.4 Å². The second-order valence-corrected chi connectivity index (χ2v) is 10.6. The third kappa shape index (κ3) is 3.11. The number of amides is 1. The van der Waals surface area contributed by atoms with Crippen molar-refractivity contribution in [2.45, 2.75) is 55.6 Å². The number of carbonyl (C=O) groups is 1. The fraction of sp³-hybridized carbons (Fsp3) is 0.458. The zero-order valence-electron chi connectivity index (χ0n) is 18.6. The summed E-state index contributed by atoms with van der Waals surface area (Å²) in [5, 5.41) is 0. The SMILES string of the molecule is COc1cc2c(c(OC)c1)C1C3CCCC(C(=O)N1CC2)N3S(=O)(=O)c1cccc(C)c1. The number of carbonyl (C=O) groups excluding carboxylic acids is 1. The van der Waals surface area contributed by atoms with E-state index >= 15 is 0 Å². The summed E-state index contributed by atoms with van der Waals surface area (Å²) in [6.45, 7) is 2.44.